The second-order valence-corrected chi connectivity index (χ2v) is 4.08. The number of aromatic nitrogens is 4. The molecule has 0 aliphatic rings. The summed E-state index contributed by atoms with van der Waals surface area (Å²) < 4.78 is 1.54. The van der Waals surface area contributed by atoms with Gasteiger partial charge in [0.05, 0.1) is 5.69 Å². The Morgan fingerprint density at radius 1 is 1.47 bits per heavy atom. The maximum absolute atomic E-state index is 11.5. The molecule has 8 heteroatoms. The van der Waals surface area contributed by atoms with Gasteiger partial charge >= 0.3 is 5.97 Å². The van der Waals surface area contributed by atoms with Crippen LogP contribution in [0.25, 0.3) is 11.0 Å². The summed E-state index contributed by atoms with van der Waals surface area (Å²) in [7, 11) is 0. The lowest BCUT2D eigenvalue weighted by Gasteiger charge is -2.10. The molecule has 2 rings (SSSR count). The van der Waals surface area contributed by atoms with Crippen molar-refractivity contribution in [1.29, 1.82) is 0 Å². The summed E-state index contributed by atoms with van der Waals surface area (Å²) >= 11 is 0. The third-order valence-corrected chi connectivity index (χ3v) is 2.87. The number of carboxylic acids is 1. The highest BCUT2D eigenvalue weighted by Gasteiger charge is 2.23. The van der Waals surface area contributed by atoms with E-state index < -0.39 is 5.97 Å². The Kier molecular flexibility index (Phi) is 3.61. The van der Waals surface area contributed by atoms with Crippen LogP contribution in [0.15, 0.2) is 0 Å². The molecule has 0 radical (unpaired) electrons. The third kappa shape index (κ3) is 2.10. The van der Waals surface area contributed by atoms with E-state index >= 15 is 0 Å². The first kappa shape index (κ1) is 13.2. The molecule has 2 heterocycles. The number of hydrogen-bond donors (Lipinski definition) is 3. The van der Waals surface area contributed by atoms with Gasteiger partial charge in [-0.1, -0.05) is 18.6 Å². The van der Waals surface area contributed by atoms with E-state index in [1.807, 2.05) is 13.8 Å². The number of pyridine rings is 1. The van der Waals surface area contributed by atoms with Gasteiger partial charge in [0.25, 0.3) is 0 Å². The minimum atomic E-state index is -1.03. The quantitative estimate of drug-likeness (QED) is 0.539. The van der Waals surface area contributed by atoms with E-state index in [1.165, 1.54) is 0 Å². The van der Waals surface area contributed by atoms with E-state index in [1.54, 1.807) is 4.68 Å². The summed E-state index contributed by atoms with van der Waals surface area (Å²) in [4.78, 5) is 15.8. The van der Waals surface area contributed by atoms with Gasteiger partial charge in [0.1, 0.15) is 11.1 Å². The summed E-state index contributed by atoms with van der Waals surface area (Å²) in [5.74, 6) is 4.74. The Morgan fingerprint density at radius 3 is 2.74 bits per heavy atom. The molecule has 0 saturated heterocycles. The molecule has 0 atom stereocenters. The summed E-state index contributed by atoms with van der Waals surface area (Å²) in [6.45, 7) is 4.36. The Morgan fingerprint density at radius 2 is 2.21 bits per heavy atom. The highest BCUT2D eigenvalue weighted by atomic mass is 16.4. The first-order valence-corrected chi connectivity index (χ1v) is 6.09. The molecule has 102 valence electrons. The van der Waals surface area contributed by atoms with E-state index in [9.17, 15) is 9.90 Å². The van der Waals surface area contributed by atoms with Crippen molar-refractivity contribution in [1.82, 2.24) is 20.0 Å². The monoisotopic (exact) mass is 264 g/mol. The number of nitrogens with two attached hydrogens (primary N) is 1. The minimum Gasteiger partial charge on any atom is -0.478 e. The summed E-state index contributed by atoms with van der Waals surface area (Å²) in [5.41, 5.74) is 3.94. The molecule has 0 fully saturated rings. The second kappa shape index (κ2) is 5.19. The van der Waals surface area contributed by atoms with Crippen LogP contribution in [0.5, 0.6) is 0 Å². The van der Waals surface area contributed by atoms with Gasteiger partial charge in [-0.3, -0.25) is 0 Å². The zero-order chi connectivity index (χ0) is 14.0. The molecule has 2 aromatic heterocycles. The van der Waals surface area contributed by atoms with Crippen molar-refractivity contribution in [3.63, 3.8) is 0 Å². The molecule has 4 N–H and O–H groups in total. The Hall–Kier alpha value is -2.22. The average molecular weight is 264 g/mol. The van der Waals surface area contributed by atoms with Crippen molar-refractivity contribution in [2.24, 2.45) is 5.84 Å². The molecule has 8 nitrogen and oxygen atoms in total. The molecular formula is C11H16N6O2. The number of nitrogen functional groups attached to an aromatic ring is 1. The number of anilines is 1. The number of nitrogens with one attached hydrogen (secondary N) is 1. The fourth-order valence-corrected chi connectivity index (χ4v) is 2.06. The number of carboxylic acid groups (broad SMARTS) is 1. The van der Waals surface area contributed by atoms with Crippen molar-refractivity contribution in [2.45, 2.75) is 33.2 Å². The van der Waals surface area contributed by atoms with Gasteiger partial charge < -0.3 is 10.5 Å². The lowest BCUT2D eigenvalue weighted by atomic mass is 10.1. The number of fused-ring (bicyclic) bond motifs is 1. The normalized spacial score (nSPS) is 10.9. The largest absolute Gasteiger partial charge is 0.478 e. The van der Waals surface area contributed by atoms with E-state index in [2.05, 4.69) is 20.7 Å². The molecule has 0 spiro atoms. The number of hydrogen-bond acceptors (Lipinski definition) is 6. The number of carbonyl (C=O) groups is 1. The summed E-state index contributed by atoms with van der Waals surface area (Å²) in [6.07, 6.45) is 1.34. The first-order valence-electron chi connectivity index (χ1n) is 6.09. The summed E-state index contributed by atoms with van der Waals surface area (Å²) in [5, 5.41) is 17.3. The zero-order valence-electron chi connectivity index (χ0n) is 10.8. The van der Waals surface area contributed by atoms with Gasteiger partial charge in [-0.2, -0.15) is 0 Å². The van der Waals surface area contributed by atoms with E-state index in [4.69, 9.17) is 5.84 Å². The van der Waals surface area contributed by atoms with Gasteiger partial charge in [-0.05, 0) is 13.3 Å². The summed E-state index contributed by atoms with van der Waals surface area (Å²) in [6, 6.07) is 0. The van der Waals surface area contributed by atoms with E-state index in [0.29, 0.717) is 35.5 Å². The van der Waals surface area contributed by atoms with Crippen molar-refractivity contribution in [3.8, 4) is 0 Å². The molecule has 0 aliphatic carbocycles. The number of aromatic carboxylic acids is 1. The van der Waals surface area contributed by atoms with Crippen LogP contribution in [0.4, 0.5) is 5.82 Å². The molecule has 0 amide bonds. The Labute approximate surface area is 109 Å². The van der Waals surface area contributed by atoms with Gasteiger partial charge in [0, 0.05) is 6.54 Å². The van der Waals surface area contributed by atoms with Crippen molar-refractivity contribution in [2.75, 3.05) is 5.43 Å². The number of hydrazine groups is 1. The molecular weight excluding hydrogens is 248 g/mol. The molecule has 0 unspecified atom stereocenters. The lowest BCUT2D eigenvalue weighted by Crippen LogP contribution is -2.15. The molecule has 0 saturated carbocycles. The molecule has 19 heavy (non-hydrogen) atoms. The Balaban J connectivity index is 2.86. The zero-order valence-corrected chi connectivity index (χ0v) is 10.8. The predicted octanol–water partition coefficient (Wildman–Crippen LogP) is 0.782. The smallest absolute Gasteiger partial charge is 0.339 e. The maximum atomic E-state index is 11.5. The molecule has 0 bridgehead atoms. The van der Waals surface area contributed by atoms with Crippen LogP contribution in [0.2, 0.25) is 0 Å². The van der Waals surface area contributed by atoms with Crippen LogP contribution in [-0.4, -0.2) is 31.1 Å². The van der Waals surface area contributed by atoms with Crippen LogP contribution < -0.4 is 11.3 Å². The molecule has 0 aromatic carbocycles. The minimum absolute atomic E-state index is 0.155. The van der Waals surface area contributed by atoms with Crippen molar-refractivity contribution < 1.29 is 9.90 Å². The number of rotatable bonds is 5. The van der Waals surface area contributed by atoms with Crippen LogP contribution in [0, 0.1) is 0 Å². The third-order valence-electron chi connectivity index (χ3n) is 2.87. The SMILES string of the molecule is CCCc1nc(NN)c2nnn(CC)c2c1C(=O)O. The maximum Gasteiger partial charge on any atom is 0.339 e. The van der Waals surface area contributed by atoms with Gasteiger partial charge in [-0.15, -0.1) is 5.10 Å². The van der Waals surface area contributed by atoms with Crippen LogP contribution in [-0.2, 0) is 13.0 Å². The van der Waals surface area contributed by atoms with Crippen LogP contribution in [0.1, 0.15) is 36.3 Å². The molecule has 0 aliphatic heterocycles. The van der Waals surface area contributed by atoms with Gasteiger partial charge in [-0.25, -0.2) is 20.3 Å². The first-order chi connectivity index (χ1) is 9.13. The van der Waals surface area contributed by atoms with Crippen molar-refractivity contribution >= 4 is 22.8 Å². The fraction of sp³-hybridized carbons (Fsp3) is 0.455. The average Bonchev–Trinajstić information content (AvgIpc) is 2.81. The standard InChI is InChI=1S/C11H16N6O2/c1-3-5-6-7(11(18)19)9-8(10(13-6)14-12)15-16-17(9)4-2/h3-5,12H2,1-2H3,(H,13,14)(H,18,19). The highest BCUT2D eigenvalue weighted by Crippen LogP contribution is 2.26. The van der Waals surface area contributed by atoms with Gasteiger partial charge in [0.2, 0.25) is 0 Å². The second-order valence-electron chi connectivity index (χ2n) is 4.08. The Bertz CT molecular complexity index is 621. The number of nitrogens with zero attached hydrogens (tertiary/aromatic N) is 4. The lowest BCUT2D eigenvalue weighted by molar-refractivity contribution is 0.0697. The van der Waals surface area contributed by atoms with Crippen LogP contribution >= 0.6 is 0 Å². The fourth-order valence-electron chi connectivity index (χ4n) is 2.06. The van der Waals surface area contributed by atoms with Crippen molar-refractivity contribution in [3.05, 3.63) is 11.3 Å². The predicted molar refractivity (Wildman–Crippen MR) is 69.8 cm³/mol. The van der Waals surface area contributed by atoms with E-state index in [0.717, 1.165) is 6.42 Å². The van der Waals surface area contributed by atoms with Crippen LogP contribution in [0.3, 0.4) is 0 Å². The molecule has 2 aromatic rings. The van der Waals surface area contributed by atoms with E-state index in [-0.39, 0.29) is 5.56 Å². The highest BCUT2D eigenvalue weighted by molar-refractivity contribution is 6.04. The van der Waals surface area contributed by atoms with Gasteiger partial charge in [0.15, 0.2) is 11.3 Å². The topological polar surface area (TPSA) is 119 Å². The number of aryl methyl sites for hydroxylation is 2.